The van der Waals surface area contributed by atoms with Gasteiger partial charge >= 0.3 is 5.97 Å². The van der Waals surface area contributed by atoms with E-state index >= 15 is 0 Å². The molecule has 15 heavy (non-hydrogen) atoms. The Bertz CT molecular complexity index is 325. The summed E-state index contributed by atoms with van der Waals surface area (Å²) in [6.45, 7) is 1.07. The molecule has 1 aromatic carbocycles. The highest BCUT2D eigenvalue weighted by Crippen LogP contribution is 2.18. The molecule has 1 rings (SSSR count). The van der Waals surface area contributed by atoms with Gasteiger partial charge in [0, 0.05) is 0 Å². The van der Waals surface area contributed by atoms with Gasteiger partial charge in [-0.05, 0) is 25.1 Å². The van der Waals surface area contributed by atoms with Gasteiger partial charge < -0.3 is 15.2 Å². The van der Waals surface area contributed by atoms with Gasteiger partial charge in [-0.1, -0.05) is 12.1 Å². The van der Waals surface area contributed by atoms with Crippen molar-refractivity contribution < 1.29 is 14.3 Å². The molecule has 82 valence electrons. The lowest BCUT2D eigenvalue weighted by atomic mass is 10.2. The zero-order chi connectivity index (χ0) is 11.1. The predicted octanol–water partition coefficient (Wildman–Crippen LogP) is 1.20. The molecule has 0 amide bonds. The quantitative estimate of drug-likeness (QED) is 0.584. The van der Waals surface area contributed by atoms with Gasteiger partial charge in [0.05, 0.1) is 13.7 Å². The Balaban J connectivity index is 2.73. The summed E-state index contributed by atoms with van der Waals surface area (Å²) in [6.07, 6.45) is 0.759. The van der Waals surface area contributed by atoms with Crippen LogP contribution in [0.15, 0.2) is 24.3 Å². The van der Waals surface area contributed by atoms with E-state index in [0.717, 1.165) is 6.42 Å². The van der Waals surface area contributed by atoms with Crippen LogP contribution >= 0.6 is 0 Å². The van der Waals surface area contributed by atoms with Crippen LogP contribution in [0.2, 0.25) is 0 Å². The first-order valence-electron chi connectivity index (χ1n) is 4.79. The number of esters is 1. The van der Waals surface area contributed by atoms with Gasteiger partial charge in [0.15, 0.2) is 0 Å². The van der Waals surface area contributed by atoms with Crippen molar-refractivity contribution in [1.29, 1.82) is 0 Å². The molecule has 0 saturated heterocycles. The smallest absolute Gasteiger partial charge is 0.341 e. The molecule has 0 radical (unpaired) electrons. The van der Waals surface area contributed by atoms with Crippen molar-refractivity contribution in [2.75, 3.05) is 20.3 Å². The second kappa shape index (κ2) is 6.03. The first kappa shape index (κ1) is 11.5. The lowest BCUT2D eigenvalue weighted by Crippen LogP contribution is -2.09. The second-order valence-corrected chi connectivity index (χ2v) is 2.98. The lowest BCUT2D eigenvalue weighted by Gasteiger charge is -2.09. The summed E-state index contributed by atoms with van der Waals surface area (Å²) < 4.78 is 10.1. The molecule has 0 atom stereocenters. The standard InChI is InChI=1S/C11H15NO3/c1-14-11(13)9-5-2-3-6-10(9)15-8-4-7-12/h2-3,5-6H,4,7-8,12H2,1H3. The first-order chi connectivity index (χ1) is 7.29. The van der Waals surface area contributed by atoms with Crippen LogP contribution in [0.5, 0.6) is 5.75 Å². The third-order valence-electron chi connectivity index (χ3n) is 1.90. The Morgan fingerprint density at radius 2 is 2.13 bits per heavy atom. The first-order valence-corrected chi connectivity index (χ1v) is 4.79. The van der Waals surface area contributed by atoms with Gasteiger partial charge in [-0.2, -0.15) is 0 Å². The number of benzene rings is 1. The molecule has 0 bridgehead atoms. The number of hydrogen-bond donors (Lipinski definition) is 1. The topological polar surface area (TPSA) is 61.5 Å². The van der Waals surface area contributed by atoms with Crippen LogP contribution in [0.25, 0.3) is 0 Å². The van der Waals surface area contributed by atoms with E-state index in [4.69, 9.17) is 10.5 Å². The summed E-state index contributed by atoms with van der Waals surface area (Å²) in [7, 11) is 1.35. The number of carbonyl (C=O) groups is 1. The highest BCUT2D eigenvalue weighted by Gasteiger charge is 2.11. The molecule has 0 aliphatic carbocycles. The van der Waals surface area contributed by atoms with Gasteiger partial charge in [-0.3, -0.25) is 0 Å². The maximum Gasteiger partial charge on any atom is 0.341 e. The number of hydrogen-bond acceptors (Lipinski definition) is 4. The van der Waals surface area contributed by atoms with Crippen LogP contribution < -0.4 is 10.5 Å². The van der Waals surface area contributed by atoms with E-state index in [9.17, 15) is 4.79 Å². The van der Waals surface area contributed by atoms with E-state index in [2.05, 4.69) is 4.74 Å². The predicted molar refractivity (Wildman–Crippen MR) is 56.9 cm³/mol. The molecular formula is C11H15NO3. The van der Waals surface area contributed by atoms with Crippen LogP contribution in [-0.2, 0) is 4.74 Å². The molecule has 0 aromatic heterocycles. The zero-order valence-corrected chi connectivity index (χ0v) is 8.73. The van der Waals surface area contributed by atoms with Crippen molar-refractivity contribution in [2.24, 2.45) is 5.73 Å². The van der Waals surface area contributed by atoms with Gasteiger partial charge in [0.2, 0.25) is 0 Å². The molecule has 0 spiro atoms. The minimum atomic E-state index is -0.390. The van der Waals surface area contributed by atoms with Crippen LogP contribution in [0.4, 0.5) is 0 Å². The Hall–Kier alpha value is -1.55. The molecule has 0 heterocycles. The van der Waals surface area contributed by atoms with E-state index in [0.29, 0.717) is 24.5 Å². The Morgan fingerprint density at radius 1 is 1.40 bits per heavy atom. The molecule has 4 heteroatoms. The van der Waals surface area contributed by atoms with Gasteiger partial charge in [-0.15, -0.1) is 0 Å². The fourth-order valence-electron chi connectivity index (χ4n) is 1.14. The van der Waals surface area contributed by atoms with E-state index in [1.807, 2.05) is 6.07 Å². The van der Waals surface area contributed by atoms with Crippen molar-refractivity contribution in [2.45, 2.75) is 6.42 Å². The van der Waals surface area contributed by atoms with E-state index in [1.54, 1.807) is 18.2 Å². The largest absolute Gasteiger partial charge is 0.493 e. The molecule has 1 aromatic rings. The summed E-state index contributed by atoms with van der Waals surface area (Å²) in [6, 6.07) is 6.98. The Morgan fingerprint density at radius 3 is 2.80 bits per heavy atom. The van der Waals surface area contributed by atoms with Crippen LogP contribution in [0, 0.1) is 0 Å². The van der Waals surface area contributed by atoms with Crippen molar-refractivity contribution in [3.63, 3.8) is 0 Å². The fraction of sp³-hybridized carbons (Fsp3) is 0.364. The van der Waals surface area contributed by atoms with Gasteiger partial charge in [0.1, 0.15) is 11.3 Å². The molecule has 0 saturated carbocycles. The van der Waals surface area contributed by atoms with Crippen molar-refractivity contribution >= 4 is 5.97 Å². The van der Waals surface area contributed by atoms with E-state index in [1.165, 1.54) is 7.11 Å². The summed E-state index contributed by atoms with van der Waals surface area (Å²) in [4.78, 5) is 11.3. The van der Waals surface area contributed by atoms with Crippen LogP contribution in [-0.4, -0.2) is 26.2 Å². The number of para-hydroxylation sites is 1. The maximum atomic E-state index is 11.3. The van der Waals surface area contributed by atoms with Gasteiger partial charge in [0.25, 0.3) is 0 Å². The summed E-state index contributed by atoms with van der Waals surface area (Å²) >= 11 is 0. The molecule has 0 aliphatic heterocycles. The molecule has 4 nitrogen and oxygen atoms in total. The summed E-state index contributed by atoms with van der Waals surface area (Å²) in [5.74, 6) is 0.149. The second-order valence-electron chi connectivity index (χ2n) is 2.98. The molecule has 0 unspecified atom stereocenters. The fourth-order valence-corrected chi connectivity index (χ4v) is 1.14. The molecule has 0 fully saturated rings. The third kappa shape index (κ3) is 3.25. The third-order valence-corrected chi connectivity index (χ3v) is 1.90. The Labute approximate surface area is 89.0 Å². The number of carbonyl (C=O) groups excluding carboxylic acids is 1. The Kier molecular flexibility index (Phi) is 4.63. The average Bonchev–Trinajstić information content (AvgIpc) is 2.29. The molecule has 0 aliphatic rings. The normalized spacial score (nSPS) is 9.73. The maximum absolute atomic E-state index is 11.3. The number of methoxy groups -OCH3 is 1. The molecular weight excluding hydrogens is 194 g/mol. The van der Waals surface area contributed by atoms with Crippen molar-refractivity contribution in [1.82, 2.24) is 0 Å². The SMILES string of the molecule is COC(=O)c1ccccc1OCCCN. The minimum absolute atomic E-state index is 0.390. The lowest BCUT2D eigenvalue weighted by molar-refractivity contribution is 0.0596. The zero-order valence-electron chi connectivity index (χ0n) is 8.73. The van der Waals surface area contributed by atoms with E-state index < -0.39 is 5.97 Å². The highest BCUT2D eigenvalue weighted by atomic mass is 16.5. The van der Waals surface area contributed by atoms with Crippen LogP contribution in [0.3, 0.4) is 0 Å². The summed E-state index contributed by atoms with van der Waals surface area (Å²) in [5, 5.41) is 0. The van der Waals surface area contributed by atoms with Crippen molar-refractivity contribution in [3.05, 3.63) is 29.8 Å². The highest BCUT2D eigenvalue weighted by molar-refractivity contribution is 5.92. The summed E-state index contributed by atoms with van der Waals surface area (Å²) in [5.41, 5.74) is 5.79. The van der Waals surface area contributed by atoms with E-state index in [-0.39, 0.29) is 0 Å². The van der Waals surface area contributed by atoms with Crippen molar-refractivity contribution in [3.8, 4) is 5.75 Å². The number of nitrogens with two attached hydrogens (primary N) is 1. The van der Waals surface area contributed by atoms with Gasteiger partial charge in [-0.25, -0.2) is 4.79 Å². The van der Waals surface area contributed by atoms with Crippen LogP contribution in [0.1, 0.15) is 16.8 Å². The monoisotopic (exact) mass is 209 g/mol. The minimum Gasteiger partial charge on any atom is -0.493 e. The average molecular weight is 209 g/mol. The molecule has 2 N–H and O–H groups in total. The number of rotatable bonds is 5. The number of ether oxygens (including phenoxy) is 2.